The highest BCUT2D eigenvalue weighted by molar-refractivity contribution is 6.12. The highest BCUT2D eigenvalue weighted by atomic mass is 19.1. The van der Waals surface area contributed by atoms with Crippen LogP contribution in [0, 0.1) is 5.82 Å². The molecule has 0 N–H and O–H groups in total. The van der Waals surface area contributed by atoms with Gasteiger partial charge >= 0.3 is 0 Å². The Labute approximate surface area is 265 Å². The number of para-hydroxylation sites is 4. The number of hydrogen-bond acceptors (Lipinski definition) is 1. The van der Waals surface area contributed by atoms with Crippen molar-refractivity contribution in [2.24, 2.45) is 0 Å². The van der Waals surface area contributed by atoms with Crippen molar-refractivity contribution in [1.29, 1.82) is 0 Å². The van der Waals surface area contributed by atoms with Crippen LogP contribution in [0.25, 0.3) is 55.0 Å². The molecular weight excluding hydrogens is 565 g/mol. The maximum absolute atomic E-state index is 14.2. The Morgan fingerprint density at radius 1 is 0.348 bits per heavy atom. The van der Waals surface area contributed by atoms with E-state index >= 15 is 0 Å². The fraction of sp³-hybridized carbons (Fsp3) is 0. The number of rotatable bonds is 5. The fourth-order valence-corrected chi connectivity index (χ4v) is 6.95. The van der Waals surface area contributed by atoms with Gasteiger partial charge < -0.3 is 14.0 Å². The number of anilines is 3. The standard InChI is InChI=1S/C42H28FN3/c43-29-19-21-32(22-20-29)44(33-23-25-41-37(27-33)35-15-7-9-17-39(35)45(41)30-11-3-1-4-12-30)34-24-26-42-38(28-34)36-16-8-10-18-40(36)46(42)31-13-5-2-6-14-31/h1-28H. The van der Waals surface area contributed by atoms with Gasteiger partial charge in [-0.3, -0.25) is 0 Å². The van der Waals surface area contributed by atoms with Crippen molar-refractivity contribution in [2.45, 2.75) is 0 Å². The van der Waals surface area contributed by atoms with Crippen molar-refractivity contribution in [3.63, 3.8) is 0 Å². The van der Waals surface area contributed by atoms with E-state index < -0.39 is 0 Å². The summed E-state index contributed by atoms with van der Waals surface area (Å²) >= 11 is 0. The minimum absolute atomic E-state index is 0.258. The maximum atomic E-state index is 14.2. The molecule has 7 aromatic carbocycles. The second-order valence-electron chi connectivity index (χ2n) is 11.6. The minimum atomic E-state index is -0.258. The Bertz CT molecular complexity index is 2370. The van der Waals surface area contributed by atoms with Gasteiger partial charge in [0, 0.05) is 50.0 Å². The van der Waals surface area contributed by atoms with Gasteiger partial charge in [0.25, 0.3) is 0 Å². The molecule has 0 aliphatic heterocycles. The lowest BCUT2D eigenvalue weighted by atomic mass is 10.1. The Morgan fingerprint density at radius 3 is 1.22 bits per heavy atom. The first-order chi connectivity index (χ1) is 22.7. The molecule has 0 spiro atoms. The van der Waals surface area contributed by atoms with Crippen molar-refractivity contribution in [2.75, 3.05) is 4.90 Å². The van der Waals surface area contributed by atoms with Crippen LogP contribution >= 0.6 is 0 Å². The highest BCUT2D eigenvalue weighted by Gasteiger charge is 2.19. The van der Waals surface area contributed by atoms with Gasteiger partial charge in [0.2, 0.25) is 0 Å². The molecule has 3 nitrogen and oxygen atoms in total. The zero-order chi connectivity index (χ0) is 30.6. The molecule has 0 radical (unpaired) electrons. The molecule has 0 saturated carbocycles. The summed E-state index contributed by atoms with van der Waals surface area (Å²) < 4.78 is 18.9. The topological polar surface area (TPSA) is 13.1 Å². The van der Waals surface area contributed by atoms with Crippen molar-refractivity contribution >= 4 is 60.7 Å². The number of benzene rings is 7. The van der Waals surface area contributed by atoms with Crippen LogP contribution in [0.2, 0.25) is 0 Å². The predicted molar refractivity (Wildman–Crippen MR) is 190 cm³/mol. The first-order valence-corrected chi connectivity index (χ1v) is 15.5. The summed E-state index contributed by atoms with van der Waals surface area (Å²) in [6, 6.07) is 58.1. The Balaban J connectivity index is 1.29. The molecule has 9 aromatic rings. The smallest absolute Gasteiger partial charge is 0.123 e. The first kappa shape index (κ1) is 26.3. The van der Waals surface area contributed by atoms with Gasteiger partial charge in [0.15, 0.2) is 0 Å². The van der Waals surface area contributed by atoms with Gasteiger partial charge in [-0.05, 0) is 97.1 Å². The molecule has 0 amide bonds. The quantitative estimate of drug-likeness (QED) is 0.193. The van der Waals surface area contributed by atoms with Crippen molar-refractivity contribution < 1.29 is 4.39 Å². The van der Waals surface area contributed by atoms with E-state index in [0.29, 0.717) is 0 Å². The molecule has 0 unspecified atom stereocenters. The minimum Gasteiger partial charge on any atom is -0.310 e. The number of nitrogens with zero attached hydrogens (tertiary/aromatic N) is 3. The zero-order valence-corrected chi connectivity index (χ0v) is 24.9. The normalized spacial score (nSPS) is 11.6. The largest absolute Gasteiger partial charge is 0.310 e. The second-order valence-corrected chi connectivity index (χ2v) is 11.6. The van der Waals surface area contributed by atoms with Gasteiger partial charge in [0.05, 0.1) is 22.1 Å². The summed E-state index contributed by atoms with van der Waals surface area (Å²) in [6.07, 6.45) is 0. The molecule has 2 aromatic heterocycles. The Morgan fingerprint density at radius 2 is 0.739 bits per heavy atom. The molecule has 9 rings (SSSR count). The average molecular weight is 594 g/mol. The Kier molecular flexibility index (Phi) is 6.00. The van der Waals surface area contributed by atoms with Crippen molar-refractivity contribution in [1.82, 2.24) is 9.13 Å². The number of hydrogen-bond donors (Lipinski definition) is 0. The molecule has 0 bridgehead atoms. The lowest BCUT2D eigenvalue weighted by Crippen LogP contribution is -2.10. The predicted octanol–water partition coefficient (Wildman–Crippen LogP) is 11.5. The molecule has 2 heterocycles. The zero-order valence-electron chi connectivity index (χ0n) is 24.9. The summed E-state index contributed by atoms with van der Waals surface area (Å²) in [5.41, 5.74) is 9.72. The molecule has 0 fully saturated rings. The summed E-state index contributed by atoms with van der Waals surface area (Å²) in [4.78, 5) is 2.22. The van der Waals surface area contributed by atoms with Crippen LogP contribution in [-0.4, -0.2) is 9.13 Å². The van der Waals surface area contributed by atoms with Crippen molar-refractivity contribution in [3.8, 4) is 11.4 Å². The van der Waals surface area contributed by atoms with Crippen LogP contribution in [0.15, 0.2) is 170 Å². The SMILES string of the molecule is Fc1ccc(N(c2ccc3c(c2)c2ccccc2n3-c2ccccc2)c2ccc3c(c2)c2ccccc2n3-c2ccccc2)cc1. The van der Waals surface area contributed by atoms with E-state index in [2.05, 4.69) is 147 Å². The molecule has 4 heteroatoms. The van der Waals surface area contributed by atoms with E-state index in [9.17, 15) is 4.39 Å². The third-order valence-electron chi connectivity index (χ3n) is 8.94. The van der Waals surface area contributed by atoms with Gasteiger partial charge in [-0.25, -0.2) is 4.39 Å². The van der Waals surface area contributed by atoms with E-state index in [1.165, 1.54) is 22.9 Å². The van der Waals surface area contributed by atoms with Crippen LogP contribution in [0.3, 0.4) is 0 Å². The molecule has 0 saturated heterocycles. The summed E-state index contributed by atoms with van der Waals surface area (Å²) in [5, 5.41) is 4.68. The monoisotopic (exact) mass is 593 g/mol. The van der Waals surface area contributed by atoms with Crippen LogP contribution in [0.4, 0.5) is 21.5 Å². The van der Waals surface area contributed by atoms with Crippen LogP contribution in [0.1, 0.15) is 0 Å². The van der Waals surface area contributed by atoms with E-state index in [-0.39, 0.29) is 5.82 Å². The number of aromatic nitrogens is 2. The number of fused-ring (bicyclic) bond motifs is 6. The third-order valence-corrected chi connectivity index (χ3v) is 8.94. The molecule has 0 atom stereocenters. The molecule has 46 heavy (non-hydrogen) atoms. The van der Waals surface area contributed by atoms with Gasteiger partial charge in [-0.1, -0.05) is 72.8 Å². The average Bonchev–Trinajstić information content (AvgIpc) is 3.62. The molecular formula is C42H28FN3. The summed E-state index contributed by atoms with van der Waals surface area (Å²) in [5.74, 6) is -0.258. The third kappa shape index (κ3) is 4.11. The van der Waals surface area contributed by atoms with E-state index in [1.807, 2.05) is 24.3 Å². The molecule has 0 aliphatic carbocycles. The summed E-state index contributed by atoms with van der Waals surface area (Å²) in [6.45, 7) is 0. The fourth-order valence-electron chi connectivity index (χ4n) is 6.95. The Hall–Kier alpha value is -6.13. The summed E-state index contributed by atoms with van der Waals surface area (Å²) in [7, 11) is 0. The first-order valence-electron chi connectivity index (χ1n) is 15.5. The van der Waals surface area contributed by atoms with E-state index in [1.54, 1.807) is 0 Å². The maximum Gasteiger partial charge on any atom is 0.123 e. The van der Waals surface area contributed by atoms with Crippen LogP contribution in [0.5, 0.6) is 0 Å². The number of halogens is 1. The van der Waals surface area contributed by atoms with Crippen LogP contribution in [-0.2, 0) is 0 Å². The second kappa shape index (κ2) is 10.5. The van der Waals surface area contributed by atoms with Gasteiger partial charge in [-0.15, -0.1) is 0 Å². The van der Waals surface area contributed by atoms with E-state index in [0.717, 1.165) is 61.3 Å². The van der Waals surface area contributed by atoms with Gasteiger partial charge in [0.1, 0.15) is 5.82 Å². The molecule has 0 aliphatic rings. The lowest BCUT2D eigenvalue weighted by Gasteiger charge is -2.26. The highest BCUT2D eigenvalue weighted by Crippen LogP contribution is 2.42. The van der Waals surface area contributed by atoms with Gasteiger partial charge in [-0.2, -0.15) is 0 Å². The van der Waals surface area contributed by atoms with Crippen molar-refractivity contribution in [3.05, 3.63) is 176 Å². The van der Waals surface area contributed by atoms with E-state index in [4.69, 9.17) is 0 Å². The lowest BCUT2D eigenvalue weighted by molar-refractivity contribution is 0.628. The molecule has 218 valence electrons. The van der Waals surface area contributed by atoms with Crippen LogP contribution < -0.4 is 4.90 Å².